The molecular weight excluding hydrogens is 252 g/mol. The Bertz CT molecular complexity index is 413. The van der Waals surface area contributed by atoms with Crippen molar-refractivity contribution in [1.29, 1.82) is 0 Å². The largest absolute Gasteiger partial charge is 0.350 e. The number of hydrogen-bond acceptors (Lipinski definition) is 4. The molecule has 100 valence electrons. The molecule has 2 atom stereocenters. The monoisotopic (exact) mass is 270 g/mol. The Hall–Kier alpha value is -1.20. The van der Waals surface area contributed by atoms with Crippen LogP contribution in [0, 0.1) is 12.8 Å². The number of amides is 1. The van der Waals surface area contributed by atoms with Crippen molar-refractivity contribution in [2.75, 3.05) is 0 Å². The normalized spacial score (nSPS) is 22.3. The zero-order chi connectivity index (χ0) is 12.3. The Morgan fingerprint density at radius 3 is 2.94 bits per heavy atom. The SMILES string of the molecule is Cc1nccc(CNC(=O)C2CCCC2N)n1.Cl. The van der Waals surface area contributed by atoms with E-state index in [-0.39, 0.29) is 30.3 Å². The van der Waals surface area contributed by atoms with Crippen LogP contribution >= 0.6 is 12.4 Å². The number of carbonyl (C=O) groups excluding carboxylic acids is 1. The minimum absolute atomic E-state index is 0. The molecule has 0 radical (unpaired) electrons. The number of halogens is 1. The summed E-state index contributed by atoms with van der Waals surface area (Å²) in [5, 5.41) is 2.89. The average molecular weight is 271 g/mol. The molecule has 1 fully saturated rings. The van der Waals surface area contributed by atoms with Crippen LogP contribution in [0.15, 0.2) is 12.3 Å². The van der Waals surface area contributed by atoms with Gasteiger partial charge in [-0.05, 0) is 25.8 Å². The summed E-state index contributed by atoms with van der Waals surface area (Å²) in [6.07, 6.45) is 4.59. The number of aromatic nitrogens is 2. The third-order valence-corrected chi connectivity index (χ3v) is 3.18. The predicted octanol–water partition coefficient (Wildman–Crippen LogP) is 0.950. The van der Waals surface area contributed by atoms with Gasteiger partial charge in [-0.1, -0.05) is 6.42 Å². The molecule has 2 unspecified atom stereocenters. The topological polar surface area (TPSA) is 80.9 Å². The van der Waals surface area contributed by atoms with Crippen molar-refractivity contribution in [3.05, 3.63) is 23.8 Å². The summed E-state index contributed by atoms with van der Waals surface area (Å²) in [5.74, 6) is 0.735. The molecule has 1 aliphatic rings. The van der Waals surface area contributed by atoms with Gasteiger partial charge in [0.05, 0.1) is 18.2 Å². The maximum absolute atomic E-state index is 11.9. The Morgan fingerprint density at radius 2 is 2.33 bits per heavy atom. The van der Waals surface area contributed by atoms with Crippen molar-refractivity contribution >= 4 is 18.3 Å². The highest BCUT2D eigenvalue weighted by molar-refractivity contribution is 5.85. The summed E-state index contributed by atoms with van der Waals surface area (Å²) < 4.78 is 0. The lowest BCUT2D eigenvalue weighted by Gasteiger charge is -2.14. The summed E-state index contributed by atoms with van der Waals surface area (Å²) >= 11 is 0. The zero-order valence-corrected chi connectivity index (χ0v) is 11.2. The molecule has 2 rings (SSSR count). The van der Waals surface area contributed by atoms with Crippen LogP contribution in [0.3, 0.4) is 0 Å². The Kier molecular flexibility index (Phi) is 5.50. The van der Waals surface area contributed by atoms with Gasteiger partial charge in [0.15, 0.2) is 0 Å². The van der Waals surface area contributed by atoms with Gasteiger partial charge >= 0.3 is 0 Å². The smallest absolute Gasteiger partial charge is 0.224 e. The molecule has 0 aliphatic heterocycles. The van der Waals surface area contributed by atoms with Gasteiger partial charge in [0.25, 0.3) is 0 Å². The highest BCUT2D eigenvalue weighted by atomic mass is 35.5. The van der Waals surface area contributed by atoms with Gasteiger partial charge in [-0.25, -0.2) is 9.97 Å². The van der Waals surface area contributed by atoms with Crippen LogP contribution in [-0.4, -0.2) is 21.9 Å². The molecule has 0 saturated heterocycles. The molecule has 1 aliphatic carbocycles. The lowest BCUT2D eigenvalue weighted by molar-refractivity contribution is -0.125. The second kappa shape index (κ2) is 6.66. The molecule has 1 amide bonds. The number of hydrogen-bond donors (Lipinski definition) is 2. The Balaban J connectivity index is 0.00000162. The lowest BCUT2D eigenvalue weighted by Crippen LogP contribution is -2.38. The Labute approximate surface area is 113 Å². The molecule has 0 aromatic carbocycles. The number of nitrogens with zero attached hydrogens (tertiary/aromatic N) is 2. The van der Waals surface area contributed by atoms with E-state index < -0.39 is 0 Å². The molecule has 18 heavy (non-hydrogen) atoms. The highest BCUT2D eigenvalue weighted by Gasteiger charge is 2.29. The van der Waals surface area contributed by atoms with Gasteiger partial charge in [-0.2, -0.15) is 0 Å². The summed E-state index contributed by atoms with van der Waals surface area (Å²) in [6.45, 7) is 2.28. The van der Waals surface area contributed by atoms with E-state index in [1.807, 2.05) is 13.0 Å². The third kappa shape index (κ3) is 3.65. The van der Waals surface area contributed by atoms with Crippen molar-refractivity contribution in [3.8, 4) is 0 Å². The number of nitrogens with one attached hydrogen (secondary N) is 1. The van der Waals surface area contributed by atoms with E-state index in [9.17, 15) is 4.79 Å². The second-order valence-corrected chi connectivity index (χ2v) is 4.51. The van der Waals surface area contributed by atoms with Gasteiger partial charge in [0.1, 0.15) is 5.82 Å². The van der Waals surface area contributed by atoms with Gasteiger partial charge in [0, 0.05) is 12.2 Å². The first-order valence-electron chi connectivity index (χ1n) is 5.98. The molecule has 0 spiro atoms. The van der Waals surface area contributed by atoms with E-state index in [1.165, 1.54) is 0 Å². The van der Waals surface area contributed by atoms with Crippen molar-refractivity contribution in [2.24, 2.45) is 11.7 Å². The molecule has 1 heterocycles. The fraction of sp³-hybridized carbons (Fsp3) is 0.583. The third-order valence-electron chi connectivity index (χ3n) is 3.18. The first-order valence-corrected chi connectivity index (χ1v) is 5.98. The number of nitrogens with two attached hydrogens (primary N) is 1. The van der Waals surface area contributed by atoms with Crippen LogP contribution in [0.25, 0.3) is 0 Å². The van der Waals surface area contributed by atoms with E-state index in [4.69, 9.17) is 5.73 Å². The van der Waals surface area contributed by atoms with Crippen LogP contribution in [-0.2, 0) is 11.3 Å². The van der Waals surface area contributed by atoms with Gasteiger partial charge in [-0.3, -0.25) is 4.79 Å². The summed E-state index contributed by atoms with van der Waals surface area (Å²) in [4.78, 5) is 20.1. The molecule has 1 aromatic rings. The van der Waals surface area contributed by atoms with Crippen molar-refractivity contribution in [1.82, 2.24) is 15.3 Å². The van der Waals surface area contributed by atoms with Gasteiger partial charge < -0.3 is 11.1 Å². The number of rotatable bonds is 3. The van der Waals surface area contributed by atoms with Crippen LogP contribution in [0.5, 0.6) is 0 Å². The summed E-state index contributed by atoms with van der Waals surface area (Å²) in [7, 11) is 0. The van der Waals surface area contributed by atoms with E-state index >= 15 is 0 Å². The molecule has 1 aromatic heterocycles. The van der Waals surface area contributed by atoms with Crippen LogP contribution in [0.2, 0.25) is 0 Å². The fourth-order valence-corrected chi connectivity index (χ4v) is 2.23. The van der Waals surface area contributed by atoms with Crippen molar-refractivity contribution in [2.45, 2.75) is 38.8 Å². The lowest BCUT2D eigenvalue weighted by atomic mass is 10.0. The first-order chi connectivity index (χ1) is 8.16. The molecule has 0 bridgehead atoms. The minimum Gasteiger partial charge on any atom is -0.350 e. The minimum atomic E-state index is -0.0297. The molecule has 1 saturated carbocycles. The first kappa shape index (κ1) is 14.9. The maximum atomic E-state index is 11.9. The zero-order valence-electron chi connectivity index (χ0n) is 10.4. The van der Waals surface area contributed by atoms with E-state index in [1.54, 1.807) is 6.20 Å². The molecule has 6 heteroatoms. The second-order valence-electron chi connectivity index (χ2n) is 4.51. The van der Waals surface area contributed by atoms with Crippen LogP contribution < -0.4 is 11.1 Å². The average Bonchev–Trinajstić information content (AvgIpc) is 2.72. The van der Waals surface area contributed by atoms with E-state index in [0.29, 0.717) is 12.4 Å². The number of carbonyl (C=O) groups is 1. The molecular formula is C12H19ClN4O. The van der Waals surface area contributed by atoms with Gasteiger partial charge in [-0.15, -0.1) is 12.4 Å². The number of aryl methyl sites for hydroxylation is 1. The van der Waals surface area contributed by atoms with Crippen LogP contribution in [0.4, 0.5) is 0 Å². The fourth-order valence-electron chi connectivity index (χ4n) is 2.23. The quantitative estimate of drug-likeness (QED) is 0.857. The van der Waals surface area contributed by atoms with E-state index in [0.717, 1.165) is 25.0 Å². The molecule has 3 N–H and O–H groups in total. The maximum Gasteiger partial charge on any atom is 0.224 e. The predicted molar refractivity (Wildman–Crippen MR) is 71.2 cm³/mol. The van der Waals surface area contributed by atoms with Crippen molar-refractivity contribution < 1.29 is 4.79 Å². The molecule has 5 nitrogen and oxygen atoms in total. The Morgan fingerprint density at radius 1 is 1.56 bits per heavy atom. The van der Waals surface area contributed by atoms with E-state index in [2.05, 4.69) is 15.3 Å². The van der Waals surface area contributed by atoms with Crippen LogP contribution in [0.1, 0.15) is 30.8 Å². The highest BCUT2D eigenvalue weighted by Crippen LogP contribution is 2.23. The summed E-state index contributed by atoms with van der Waals surface area (Å²) in [5.41, 5.74) is 6.72. The standard InChI is InChI=1S/C12H18N4O.ClH/c1-8-14-6-5-9(16-8)7-15-12(17)10-3-2-4-11(10)13;/h5-6,10-11H,2-4,7,13H2,1H3,(H,15,17);1H. The van der Waals surface area contributed by atoms with Gasteiger partial charge in [0.2, 0.25) is 5.91 Å². The summed E-state index contributed by atoms with van der Waals surface area (Å²) in [6, 6.07) is 1.82. The van der Waals surface area contributed by atoms with Crippen molar-refractivity contribution in [3.63, 3.8) is 0 Å².